The van der Waals surface area contributed by atoms with Gasteiger partial charge in [-0.1, -0.05) is 18.2 Å². The number of ether oxygens (including phenoxy) is 2. The number of nitrogens with one attached hydrogen (secondary N) is 1. The molecule has 2 heterocycles. The molecule has 4 rings (SSSR count). The van der Waals surface area contributed by atoms with E-state index in [0.29, 0.717) is 18.0 Å². The summed E-state index contributed by atoms with van der Waals surface area (Å²) in [5.74, 6) is 2.19. The van der Waals surface area contributed by atoms with Gasteiger partial charge in [0.15, 0.2) is 22.0 Å². The Labute approximate surface area is 190 Å². The zero-order valence-electron chi connectivity index (χ0n) is 18.8. The molecule has 32 heavy (non-hydrogen) atoms. The van der Waals surface area contributed by atoms with Crippen molar-refractivity contribution in [3.8, 4) is 22.6 Å². The maximum Gasteiger partial charge on any atom is 0.165 e. The van der Waals surface area contributed by atoms with Gasteiger partial charge in [-0.05, 0) is 60.4 Å². The van der Waals surface area contributed by atoms with Crippen molar-refractivity contribution in [2.24, 2.45) is 0 Å². The molecule has 1 atom stereocenters. The maximum absolute atomic E-state index is 11.6. The van der Waals surface area contributed by atoms with Gasteiger partial charge < -0.3 is 19.3 Å². The molecule has 0 radical (unpaired) electrons. The molecule has 2 aromatic heterocycles. The fourth-order valence-electron chi connectivity index (χ4n) is 3.69. The van der Waals surface area contributed by atoms with Crippen LogP contribution >= 0.6 is 0 Å². The van der Waals surface area contributed by atoms with Crippen LogP contribution < -0.4 is 14.8 Å². The Morgan fingerprint density at radius 1 is 1.00 bits per heavy atom. The summed E-state index contributed by atoms with van der Waals surface area (Å²) >= 11 is -0.981. The highest BCUT2D eigenvalue weighted by atomic mass is 32.2. The highest BCUT2D eigenvalue weighted by molar-refractivity contribution is 7.90. The van der Waals surface area contributed by atoms with Crippen LogP contribution in [0.4, 0.5) is 5.82 Å². The van der Waals surface area contributed by atoms with Gasteiger partial charge in [-0.25, -0.2) is 4.98 Å². The molecule has 2 aromatic carbocycles. The van der Waals surface area contributed by atoms with Crippen LogP contribution in [0.15, 0.2) is 53.4 Å². The Kier molecular flexibility index (Phi) is 6.25. The van der Waals surface area contributed by atoms with Crippen LogP contribution in [0.1, 0.15) is 17.0 Å². The van der Waals surface area contributed by atoms with E-state index in [1.165, 1.54) is 0 Å². The van der Waals surface area contributed by atoms with Crippen molar-refractivity contribution in [3.05, 3.63) is 65.5 Å². The van der Waals surface area contributed by atoms with E-state index in [-0.39, 0.29) is 0 Å². The van der Waals surface area contributed by atoms with Crippen molar-refractivity contribution in [1.82, 2.24) is 14.6 Å². The molecule has 0 saturated heterocycles. The number of hydrogen-bond donors (Lipinski definition) is 1. The molecule has 0 aliphatic carbocycles. The van der Waals surface area contributed by atoms with Crippen LogP contribution in [0, 0.1) is 13.8 Å². The molecule has 4 aromatic rings. The van der Waals surface area contributed by atoms with Gasteiger partial charge in [0.2, 0.25) is 0 Å². The van der Waals surface area contributed by atoms with Gasteiger partial charge in [0.1, 0.15) is 12.1 Å². The number of anilines is 1. The standard InChI is InChI=1S/C24H26N4O3S/c1-15-12-22(25-14-17-6-9-19(10-7-17)32(5)29)28-24(26-15)23(16(2)27-28)18-8-11-20(30-3)21(13-18)31-4/h6-13,25H,14H2,1-5H3. The Morgan fingerprint density at radius 2 is 1.72 bits per heavy atom. The van der Waals surface area contributed by atoms with E-state index in [1.807, 2.05) is 66.9 Å². The Hall–Kier alpha value is -3.23. The molecule has 0 aliphatic heterocycles. The Morgan fingerprint density at radius 3 is 2.38 bits per heavy atom. The number of rotatable bonds is 7. The minimum absolute atomic E-state index is 0.611. The number of aryl methyl sites for hydroxylation is 2. The molecular formula is C24H26N4O3S. The molecule has 8 heteroatoms. The molecule has 1 N–H and O–H groups in total. The summed E-state index contributed by atoms with van der Waals surface area (Å²) < 4.78 is 24.3. The second-order valence-electron chi connectivity index (χ2n) is 7.50. The summed E-state index contributed by atoms with van der Waals surface area (Å²) in [6.07, 6.45) is 1.68. The first-order chi connectivity index (χ1) is 15.4. The van der Waals surface area contributed by atoms with E-state index in [9.17, 15) is 4.55 Å². The SMILES string of the molecule is COc1ccc(-c2c(C)nn3c(NCc4ccc([S+](C)[O-])cc4)cc(C)nc23)cc1OC. The third kappa shape index (κ3) is 4.24. The lowest BCUT2D eigenvalue weighted by Gasteiger charge is -2.11. The van der Waals surface area contributed by atoms with Gasteiger partial charge in [-0.2, -0.15) is 9.61 Å². The van der Waals surface area contributed by atoms with Crippen molar-refractivity contribution in [2.75, 3.05) is 25.8 Å². The summed E-state index contributed by atoms with van der Waals surface area (Å²) in [4.78, 5) is 5.59. The van der Waals surface area contributed by atoms with Crippen LogP contribution in [0.2, 0.25) is 0 Å². The van der Waals surface area contributed by atoms with E-state index in [0.717, 1.165) is 44.4 Å². The van der Waals surface area contributed by atoms with Crippen LogP contribution in [0.25, 0.3) is 16.8 Å². The van der Waals surface area contributed by atoms with Gasteiger partial charge in [0.05, 0.1) is 19.9 Å². The number of nitrogens with zero attached hydrogens (tertiary/aromatic N) is 3. The zero-order chi connectivity index (χ0) is 22.8. The smallest absolute Gasteiger partial charge is 0.165 e. The molecule has 0 fully saturated rings. The van der Waals surface area contributed by atoms with Gasteiger partial charge >= 0.3 is 0 Å². The number of aromatic nitrogens is 3. The lowest BCUT2D eigenvalue weighted by molar-refractivity contribution is 0.355. The Balaban J connectivity index is 1.70. The Bertz CT molecular complexity index is 1250. The monoisotopic (exact) mass is 450 g/mol. The lowest BCUT2D eigenvalue weighted by atomic mass is 10.1. The summed E-state index contributed by atoms with van der Waals surface area (Å²) in [6.45, 7) is 4.56. The minimum Gasteiger partial charge on any atom is -0.612 e. The second kappa shape index (κ2) is 9.10. The number of fused-ring (bicyclic) bond motifs is 1. The average Bonchev–Trinajstić information content (AvgIpc) is 3.12. The van der Waals surface area contributed by atoms with Crippen molar-refractivity contribution in [2.45, 2.75) is 25.3 Å². The van der Waals surface area contributed by atoms with E-state index in [1.54, 1.807) is 20.5 Å². The normalized spacial score (nSPS) is 12.1. The predicted molar refractivity (Wildman–Crippen MR) is 127 cm³/mol. The van der Waals surface area contributed by atoms with Crippen molar-refractivity contribution < 1.29 is 14.0 Å². The van der Waals surface area contributed by atoms with Crippen LogP contribution in [-0.2, 0) is 17.7 Å². The van der Waals surface area contributed by atoms with Crippen molar-refractivity contribution in [1.29, 1.82) is 0 Å². The molecule has 0 aliphatic rings. The summed E-state index contributed by atoms with van der Waals surface area (Å²) in [5, 5.41) is 8.22. The summed E-state index contributed by atoms with van der Waals surface area (Å²) in [5.41, 5.74) is 5.53. The zero-order valence-corrected chi connectivity index (χ0v) is 19.6. The molecule has 7 nitrogen and oxygen atoms in total. The minimum atomic E-state index is -0.981. The van der Waals surface area contributed by atoms with Crippen LogP contribution in [0.5, 0.6) is 11.5 Å². The quantitative estimate of drug-likeness (QED) is 0.421. The molecule has 166 valence electrons. The third-order valence-electron chi connectivity index (χ3n) is 5.29. The van der Waals surface area contributed by atoms with E-state index < -0.39 is 11.2 Å². The van der Waals surface area contributed by atoms with Gasteiger partial charge in [0, 0.05) is 23.9 Å². The highest BCUT2D eigenvalue weighted by Gasteiger charge is 2.18. The van der Waals surface area contributed by atoms with Gasteiger partial charge in [-0.15, -0.1) is 0 Å². The average molecular weight is 451 g/mol. The highest BCUT2D eigenvalue weighted by Crippen LogP contribution is 2.35. The largest absolute Gasteiger partial charge is 0.612 e. The van der Waals surface area contributed by atoms with Gasteiger partial charge in [-0.3, -0.25) is 0 Å². The first-order valence-corrected chi connectivity index (χ1v) is 11.7. The van der Waals surface area contributed by atoms with E-state index in [2.05, 4.69) is 5.32 Å². The number of hydrogen-bond acceptors (Lipinski definition) is 6. The molecule has 0 bridgehead atoms. The first kappa shape index (κ1) is 22.0. The number of benzene rings is 2. The summed E-state index contributed by atoms with van der Waals surface area (Å²) in [6, 6.07) is 15.6. The first-order valence-electron chi connectivity index (χ1n) is 10.2. The fraction of sp³-hybridized carbons (Fsp3) is 0.250. The van der Waals surface area contributed by atoms with Crippen molar-refractivity contribution in [3.63, 3.8) is 0 Å². The van der Waals surface area contributed by atoms with E-state index in [4.69, 9.17) is 19.6 Å². The van der Waals surface area contributed by atoms with Crippen LogP contribution in [0.3, 0.4) is 0 Å². The second-order valence-corrected chi connectivity index (χ2v) is 8.88. The van der Waals surface area contributed by atoms with E-state index >= 15 is 0 Å². The molecule has 1 unspecified atom stereocenters. The van der Waals surface area contributed by atoms with Crippen molar-refractivity contribution >= 4 is 22.6 Å². The number of methoxy groups -OCH3 is 2. The topological polar surface area (TPSA) is 83.7 Å². The van der Waals surface area contributed by atoms with Gasteiger partial charge in [0.25, 0.3) is 0 Å². The molecule has 0 spiro atoms. The third-order valence-corrected chi connectivity index (χ3v) is 6.23. The lowest BCUT2D eigenvalue weighted by Crippen LogP contribution is -2.07. The molecule has 0 amide bonds. The maximum atomic E-state index is 11.6. The van der Waals surface area contributed by atoms with Crippen LogP contribution in [-0.4, -0.2) is 39.6 Å². The molecule has 0 saturated carbocycles. The summed E-state index contributed by atoms with van der Waals surface area (Å²) in [7, 11) is 3.25. The fourth-order valence-corrected chi connectivity index (χ4v) is 4.21. The molecular weight excluding hydrogens is 424 g/mol. The predicted octanol–water partition coefficient (Wildman–Crippen LogP) is 4.38.